The average Bonchev–Trinajstić information content (AvgIpc) is 2.50. The number of hydrogen-bond donors (Lipinski definition) is 0. The van der Waals surface area contributed by atoms with Gasteiger partial charge >= 0.3 is 0 Å². The topological polar surface area (TPSA) is 0 Å². The van der Waals surface area contributed by atoms with Crippen molar-refractivity contribution in [1.29, 1.82) is 0 Å². The van der Waals surface area contributed by atoms with Gasteiger partial charge in [0, 0.05) is 4.88 Å². The highest BCUT2D eigenvalue weighted by atomic mass is 32.1. The van der Waals surface area contributed by atoms with Crippen LogP contribution in [0.3, 0.4) is 0 Å². The van der Waals surface area contributed by atoms with Gasteiger partial charge in [0.1, 0.15) is 0 Å². The molecule has 1 atom stereocenters. The largest absolute Gasteiger partial charge is 0.149 e. The maximum atomic E-state index is 4.95. The van der Waals surface area contributed by atoms with Gasteiger partial charge in [-0.2, -0.15) is 0 Å². The van der Waals surface area contributed by atoms with Crippen molar-refractivity contribution in [1.82, 2.24) is 0 Å². The summed E-state index contributed by atoms with van der Waals surface area (Å²) < 4.78 is 0. The highest BCUT2D eigenvalue weighted by molar-refractivity contribution is 7.79. The Kier molecular flexibility index (Phi) is 2.05. The van der Waals surface area contributed by atoms with E-state index in [1.54, 1.807) is 10.4 Å². The van der Waals surface area contributed by atoms with Gasteiger partial charge in [0.05, 0.1) is 0 Å². The fourth-order valence-electron chi connectivity index (χ4n) is 1.57. The molecule has 0 bridgehead atoms. The highest BCUT2D eigenvalue weighted by Gasteiger charge is 2.16. The van der Waals surface area contributed by atoms with Crippen molar-refractivity contribution < 1.29 is 0 Å². The third-order valence-corrected chi connectivity index (χ3v) is 3.63. The summed E-state index contributed by atoms with van der Waals surface area (Å²) in [4.78, 5) is 1.56. The van der Waals surface area contributed by atoms with Crippen LogP contribution >= 0.6 is 23.6 Å². The van der Waals surface area contributed by atoms with Crippen LogP contribution in [0, 0.1) is 5.92 Å². The van der Waals surface area contributed by atoms with Crippen molar-refractivity contribution in [3.63, 3.8) is 0 Å². The van der Waals surface area contributed by atoms with Crippen LogP contribution in [0.5, 0.6) is 0 Å². The van der Waals surface area contributed by atoms with Gasteiger partial charge in [-0.25, -0.2) is 0 Å². The molecule has 0 nitrogen and oxygen atoms in total. The van der Waals surface area contributed by atoms with E-state index in [2.05, 4.69) is 11.4 Å². The number of aryl methyl sites for hydroxylation is 1. The zero-order valence-electron chi connectivity index (χ0n) is 6.25. The number of hydrogen-bond acceptors (Lipinski definition) is 2. The van der Waals surface area contributed by atoms with Crippen LogP contribution in [0.1, 0.15) is 16.9 Å². The molecule has 0 amide bonds. The minimum absolute atomic E-state index is 0.663. The lowest BCUT2D eigenvalue weighted by atomic mass is 9.91. The Labute approximate surface area is 76.2 Å². The third kappa shape index (κ3) is 1.37. The first-order valence-electron chi connectivity index (χ1n) is 3.90. The summed E-state index contributed by atoms with van der Waals surface area (Å²) in [7, 11) is 0. The summed E-state index contributed by atoms with van der Waals surface area (Å²) in [6.07, 6.45) is 3.68. The molecule has 0 fully saturated rings. The Balaban J connectivity index is 2.24. The third-order valence-electron chi connectivity index (χ3n) is 2.26. The van der Waals surface area contributed by atoms with Crippen molar-refractivity contribution in [2.75, 3.05) is 0 Å². The zero-order chi connectivity index (χ0) is 7.68. The van der Waals surface area contributed by atoms with Crippen molar-refractivity contribution in [3.8, 4) is 0 Å². The summed E-state index contributed by atoms with van der Waals surface area (Å²) in [5, 5.41) is 4.12. The Hall–Kier alpha value is -0.210. The van der Waals surface area contributed by atoms with Crippen LogP contribution in [0.15, 0.2) is 11.4 Å². The van der Waals surface area contributed by atoms with E-state index >= 15 is 0 Å². The van der Waals surface area contributed by atoms with Gasteiger partial charge in [-0.1, -0.05) is 12.2 Å². The first-order chi connectivity index (χ1) is 5.40. The van der Waals surface area contributed by atoms with Crippen molar-refractivity contribution in [3.05, 3.63) is 21.9 Å². The van der Waals surface area contributed by atoms with Gasteiger partial charge in [0.25, 0.3) is 0 Å². The highest BCUT2D eigenvalue weighted by Crippen LogP contribution is 2.28. The molecule has 0 aromatic carbocycles. The van der Waals surface area contributed by atoms with E-state index in [1.807, 2.05) is 16.7 Å². The Morgan fingerprint density at radius 3 is 3.36 bits per heavy atom. The molecule has 1 aliphatic rings. The molecule has 1 unspecified atom stereocenters. The molecule has 2 heteroatoms. The molecular formula is C9H10S2. The van der Waals surface area contributed by atoms with E-state index in [1.165, 1.54) is 19.3 Å². The molecule has 1 aliphatic carbocycles. The van der Waals surface area contributed by atoms with Gasteiger partial charge in [0.15, 0.2) is 0 Å². The van der Waals surface area contributed by atoms with Crippen LogP contribution in [-0.2, 0) is 12.8 Å². The van der Waals surface area contributed by atoms with E-state index in [0.717, 1.165) is 0 Å². The average molecular weight is 182 g/mol. The monoisotopic (exact) mass is 182 g/mol. The maximum Gasteiger partial charge on any atom is 0.00833 e. The van der Waals surface area contributed by atoms with E-state index < -0.39 is 0 Å². The summed E-state index contributed by atoms with van der Waals surface area (Å²) in [6, 6.07) is 2.25. The predicted octanol–water partition coefficient (Wildman–Crippen LogP) is 2.85. The number of thiophene rings is 1. The fraction of sp³-hybridized carbons (Fsp3) is 0.444. The fourth-order valence-corrected chi connectivity index (χ4v) is 2.83. The van der Waals surface area contributed by atoms with Gasteiger partial charge in [-0.3, -0.25) is 0 Å². The van der Waals surface area contributed by atoms with Crippen molar-refractivity contribution in [2.24, 2.45) is 5.92 Å². The standard InChI is InChI=1S/C9H10S2/c10-6-7-1-2-8-3-4-11-9(8)5-7/h3-4,6-7H,1-2,5H2. The second-order valence-corrected chi connectivity index (χ2v) is 4.28. The molecular weight excluding hydrogens is 172 g/mol. The minimum Gasteiger partial charge on any atom is -0.149 e. The second-order valence-electron chi connectivity index (χ2n) is 3.01. The summed E-state index contributed by atoms with van der Waals surface area (Å²) in [6.45, 7) is 0. The Morgan fingerprint density at radius 2 is 2.55 bits per heavy atom. The van der Waals surface area contributed by atoms with Gasteiger partial charge in [-0.05, 0) is 47.6 Å². The molecule has 0 aliphatic heterocycles. The lowest BCUT2D eigenvalue weighted by molar-refractivity contribution is 0.607. The molecule has 58 valence electrons. The lowest BCUT2D eigenvalue weighted by Gasteiger charge is -2.17. The van der Waals surface area contributed by atoms with Crippen molar-refractivity contribution in [2.45, 2.75) is 19.3 Å². The number of fused-ring (bicyclic) bond motifs is 1. The van der Waals surface area contributed by atoms with Crippen LogP contribution in [-0.4, -0.2) is 5.37 Å². The van der Waals surface area contributed by atoms with Crippen molar-refractivity contribution >= 4 is 28.9 Å². The molecule has 1 heterocycles. The molecule has 1 aromatic rings. The van der Waals surface area contributed by atoms with Crippen LogP contribution in [0.2, 0.25) is 0 Å². The Morgan fingerprint density at radius 1 is 1.64 bits per heavy atom. The molecule has 1 aromatic heterocycles. The number of rotatable bonds is 1. The Bertz CT molecular complexity index is 262. The molecule has 0 saturated heterocycles. The van der Waals surface area contributed by atoms with Gasteiger partial charge < -0.3 is 0 Å². The van der Waals surface area contributed by atoms with E-state index in [-0.39, 0.29) is 0 Å². The summed E-state index contributed by atoms with van der Waals surface area (Å²) in [5.41, 5.74) is 1.56. The maximum absolute atomic E-state index is 4.95. The zero-order valence-corrected chi connectivity index (χ0v) is 7.88. The normalized spacial score (nSPS) is 22.7. The first-order valence-corrected chi connectivity index (χ1v) is 5.26. The smallest absolute Gasteiger partial charge is 0.00833 e. The SMILES string of the molecule is S=CC1CCc2ccsc2C1. The van der Waals surface area contributed by atoms with E-state index in [9.17, 15) is 0 Å². The molecule has 0 N–H and O–H groups in total. The van der Waals surface area contributed by atoms with Crippen LogP contribution < -0.4 is 0 Å². The van der Waals surface area contributed by atoms with Crippen LogP contribution in [0.4, 0.5) is 0 Å². The van der Waals surface area contributed by atoms with Gasteiger partial charge in [-0.15, -0.1) is 11.3 Å². The van der Waals surface area contributed by atoms with Gasteiger partial charge in [0.2, 0.25) is 0 Å². The lowest BCUT2D eigenvalue weighted by Crippen LogP contribution is -2.12. The first kappa shape index (κ1) is 7.44. The molecule has 11 heavy (non-hydrogen) atoms. The molecule has 2 rings (SSSR count). The molecule has 0 saturated carbocycles. The van der Waals surface area contributed by atoms with E-state index in [0.29, 0.717) is 5.92 Å². The minimum atomic E-state index is 0.663. The number of thiocarbonyl (C=S) groups is 1. The second kappa shape index (κ2) is 3.03. The van der Waals surface area contributed by atoms with E-state index in [4.69, 9.17) is 12.2 Å². The van der Waals surface area contributed by atoms with Crippen LogP contribution in [0.25, 0.3) is 0 Å². The summed E-state index contributed by atoms with van der Waals surface area (Å²) in [5.74, 6) is 0.663. The quantitative estimate of drug-likeness (QED) is 0.602. The molecule has 0 radical (unpaired) electrons. The summed E-state index contributed by atoms with van der Waals surface area (Å²) >= 11 is 6.83. The predicted molar refractivity (Wildman–Crippen MR) is 53.5 cm³/mol. The molecule has 0 spiro atoms.